The van der Waals surface area contributed by atoms with E-state index in [2.05, 4.69) is 15.0 Å². The van der Waals surface area contributed by atoms with Gasteiger partial charge in [-0.15, -0.1) is 0 Å². The molecule has 2 N–H and O–H groups in total. The zero-order valence-electron chi connectivity index (χ0n) is 15.7. The van der Waals surface area contributed by atoms with Crippen molar-refractivity contribution < 1.29 is 9.18 Å². The Kier molecular flexibility index (Phi) is 4.88. The third-order valence-electron chi connectivity index (χ3n) is 5.07. The first-order valence-corrected chi connectivity index (χ1v) is 9.46. The number of hydrogen-bond acceptors (Lipinski definition) is 5. The molecule has 29 heavy (non-hydrogen) atoms. The maximum Gasteiger partial charge on any atom is 0.185 e. The topological polar surface area (TPSA) is 81.2 Å². The first-order chi connectivity index (χ1) is 13.9. The number of carbonyl (C=O) groups excluding carboxylic acids is 1. The van der Waals surface area contributed by atoms with Gasteiger partial charge in [-0.1, -0.05) is 17.7 Å². The Morgan fingerprint density at radius 2 is 2.07 bits per heavy atom. The van der Waals surface area contributed by atoms with Gasteiger partial charge in [0.25, 0.3) is 0 Å². The summed E-state index contributed by atoms with van der Waals surface area (Å²) in [5, 5.41) is 0.459. The number of pyridine rings is 2. The molecular weight excluding hydrogens is 391 g/mol. The normalized spacial score (nSPS) is 18.1. The number of nitrogens with zero attached hydrogens (tertiary/aromatic N) is 3. The van der Waals surface area contributed by atoms with Crippen LogP contribution in [0.4, 0.5) is 4.39 Å². The maximum atomic E-state index is 14.8. The van der Waals surface area contributed by atoms with Crippen molar-refractivity contribution in [3.05, 3.63) is 93.8 Å². The number of aliphatic imine (C=N–C) groups is 1. The molecule has 1 aliphatic heterocycles. The molecule has 3 aromatic rings. The van der Waals surface area contributed by atoms with E-state index < -0.39 is 11.4 Å². The molecule has 0 radical (unpaired) electrons. The number of benzene rings is 1. The number of carbonyl (C=O) groups is 1. The Morgan fingerprint density at radius 3 is 2.83 bits per heavy atom. The van der Waals surface area contributed by atoms with E-state index in [9.17, 15) is 9.18 Å². The Balaban J connectivity index is 1.66. The van der Waals surface area contributed by atoms with Crippen molar-refractivity contribution in [3.8, 4) is 0 Å². The van der Waals surface area contributed by atoms with Gasteiger partial charge in [0.15, 0.2) is 5.78 Å². The van der Waals surface area contributed by atoms with Crippen LogP contribution in [0.5, 0.6) is 0 Å². The number of nitrogens with two attached hydrogens (primary N) is 1. The van der Waals surface area contributed by atoms with Gasteiger partial charge < -0.3 is 5.73 Å². The first-order valence-electron chi connectivity index (χ1n) is 9.08. The van der Waals surface area contributed by atoms with Crippen molar-refractivity contribution in [1.82, 2.24) is 9.97 Å². The van der Waals surface area contributed by atoms with E-state index >= 15 is 0 Å². The molecule has 146 valence electrons. The van der Waals surface area contributed by atoms with Gasteiger partial charge in [0, 0.05) is 42.6 Å². The fourth-order valence-corrected chi connectivity index (χ4v) is 3.73. The monoisotopic (exact) mass is 408 g/mol. The zero-order chi connectivity index (χ0) is 20.6. The average molecular weight is 409 g/mol. The van der Waals surface area contributed by atoms with Gasteiger partial charge in [-0.2, -0.15) is 0 Å². The second-order valence-electron chi connectivity index (χ2n) is 7.26. The number of rotatable bonds is 4. The maximum absolute atomic E-state index is 14.8. The molecule has 1 atom stereocenters. The van der Waals surface area contributed by atoms with Gasteiger partial charge in [-0.05, 0) is 48.4 Å². The number of ketones is 1. The summed E-state index contributed by atoms with van der Waals surface area (Å²) in [5.74, 6) is -0.217. The Morgan fingerprint density at radius 1 is 1.24 bits per heavy atom. The SMILES string of the molecule is CC1(c2cc(CC(=O)c3ccc(Cl)cn3)ccc2F)Cc2cnccc2C(N)=N1. The molecule has 0 bridgehead atoms. The lowest BCUT2D eigenvalue weighted by atomic mass is 9.81. The molecule has 1 unspecified atom stereocenters. The van der Waals surface area contributed by atoms with Crippen LogP contribution in [0.25, 0.3) is 0 Å². The number of aromatic nitrogens is 2. The van der Waals surface area contributed by atoms with Crippen molar-refractivity contribution in [2.45, 2.75) is 25.3 Å². The summed E-state index contributed by atoms with van der Waals surface area (Å²) in [6.07, 6.45) is 5.37. The minimum absolute atomic E-state index is 0.0926. The summed E-state index contributed by atoms with van der Waals surface area (Å²) in [6.45, 7) is 1.83. The largest absolute Gasteiger partial charge is 0.383 e. The van der Waals surface area contributed by atoms with E-state index in [1.165, 1.54) is 12.3 Å². The van der Waals surface area contributed by atoms with Gasteiger partial charge in [0.1, 0.15) is 17.3 Å². The molecule has 1 aliphatic rings. The van der Waals surface area contributed by atoms with Crippen molar-refractivity contribution in [3.63, 3.8) is 0 Å². The van der Waals surface area contributed by atoms with Crippen LogP contribution in [0.2, 0.25) is 5.02 Å². The van der Waals surface area contributed by atoms with Gasteiger partial charge in [0.2, 0.25) is 0 Å². The van der Waals surface area contributed by atoms with Crippen molar-refractivity contribution in [2.75, 3.05) is 0 Å². The number of Topliss-reactive ketones (excluding diaryl/α,β-unsaturated/α-hetero) is 1. The smallest absolute Gasteiger partial charge is 0.185 e. The van der Waals surface area contributed by atoms with E-state index in [0.717, 1.165) is 11.1 Å². The second kappa shape index (κ2) is 7.37. The molecule has 7 heteroatoms. The van der Waals surface area contributed by atoms with E-state index in [4.69, 9.17) is 17.3 Å². The quantitative estimate of drug-likeness (QED) is 0.664. The molecule has 1 aromatic carbocycles. The Bertz CT molecular complexity index is 1130. The summed E-state index contributed by atoms with van der Waals surface area (Å²) < 4.78 is 14.8. The fourth-order valence-electron chi connectivity index (χ4n) is 3.62. The average Bonchev–Trinajstić information content (AvgIpc) is 2.69. The van der Waals surface area contributed by atoms with Crippen LogP contribution in [0.1, 0.15) is 39.7 Å². The van der Waals surface area contributed by atoms with Gasteiger partial charge in [-0.3, -0.25) is 19.8 Å². The van der Waals surface area contributed by atoms with Crippen molar-refractivity contribution in [1.29, 1.82) is 0 Å². The lowest BCUT2D eigenvalue weighted by Crippen LogP contribution is -2.34. The highest BCUT2D eigenvalue weighted by molar-refractivity contribution is 6.30. The number of amidine groups is 1. The summed E-state index contributed by atoms with van der Waals surface area (Å²) in [6, 6.07) is 9.64. The molecule has 0 fully saturated rings. The van der Waals surface area contributed by atoms with Crippen molar-refractivity contribution in [2.24, 2.45) is 10.7 Å². The predicted molar refractivity (Wildman–Crippen MR) is 110 cm³/mol. The van der Waals surface area contributed by atoms with E-state index in [1.807, 2.05) is 6.92 Å². The van der Waals surface area contributed by atoms with E-state index in [-0.39, 0.29) is 12.2 Å². The van der Waals surface area contributed by atoms with Crippen LogP contribution in [0.15, 0.2) is 60.0 Å². The van der Waals surface area contributed by atoms with Gasteiger partial charge >= 0.3 is 0 Å². The lowest BCUT2D eigenvalue weighted by Gasteiger charge is -2.32. The molecular formula is C22H18ClFN4O. The highest BCUT2D eigenvalue weighted by Gasteiger charge is 2.34. The molecule has 3 heterocycles. The Hall–Kier alpha value is -3.12. The summed E-state index contributed by atoms with van der Waals surface area (Å²) in [5.41, 5.74) is 8.36. The fraction of sp³-hybridized carbons (Fsp3) is 0.182. The van der Waals surface area contributed by atoms with Crippen LogP contribution in [0, 0.1) is 5.82 Å². The molecule has 4 rings (SSSR count). The number of halogens is 2. The standard InChI is InChI=1S/C22H18ClFN4O/c1-22(10-14-11-26-7-6-16(14)21(25)28-22)17-8-13(2-4-18(17)24)9-20(29)19-5-3-15(23)12-27-19/h2-8,11-12H,9-10H2,1H3,(H2,25,28). The Labute approximate surface area is 172 Å². The highest BCUT2D eigenvalue weighted by atomic mass is 35.5. The first kappa shape index (κ1) is 19.2. The third-order valence-corrected chi connectivity index (χ3v) is 5.29. The molecule has 0 amide bonds. The number of fused-ring (bicyclic) bond motifs is 1. The van der Waals surface area contributed by atoms with Gasteiger partial charge in [0.05, 0.1) is 10.6 Å². The molecule has 0 saturated carbocycles. The number of hydrogen-bond donors (Lipinski definition) is 1. The van der Waals surface area contributed by atoms with E-state index in [0.29, 0.717) is 34.1 Å². The molecule has 2 aromatic heterocycles. The third kappa shape index (κ3) is 3.76. The predicted octanol–water partition coefficient (Wildman–Crippen LogP) is 3.87. The molecule has 5 nitrogen and oxygen atoms in total. The van der Waals surface area contributed by atoms with Crippen molar-refractivity contribution >= 4 is 23.2 Å². The van der Waals surface area contributed by atoms with Crippen LogP contribution in [0.3, 0.4) is 0 Å². The zero-order valence-corrected chi connectivity index (χ0v) is 16.4. The lowest BCUT2D eigenvalue weighted by molar-refractivity contribution is 0.0988. The van der Waals surface area contributed by atoms with Crippen LogP contribution >= 0.6 is 11.6 Å². The summed E-state index contributed by atoms with van der Waals surface area (Å²) in [7, 11) is 0. The molecule has 0 aliphatic carbocycles. The molecule has 0 spiro atoms. The minimum atomic E-state index is -0.887. The van der Waals surface area contributed by atoms with Crippen LogP contribution in [-0.4, -0.2) is 21.6 Å². The van der Waals surface area contributed by atoms with Crippen LogP contribution in [-0.2, 0) is 18.4 Å². The molecule has 0 saturated heterocycles. The van der Waals surface area contributed by atoms with Gasteiger partial charge in [-0.25, -0.2) is 4.39 Å². The summed E-state index contributed by atoms with van der Waals surface area (Å²) in [4.78, 5) is 25.3. The highest BCUT2D eigenvalue weighted by Crippen LogP contribution is 2.36. The van der Waals surface area contributed by atoms with Crippen LogP contribution < -0.4 is 5.73 Å². The summed E-state index contributed by atoms with van der Waals surface area (Å²) >= 11 is 5.82. The second-order valence-corrected chi connectivity index (χ2v) is 7.69. The minimum Gasteiger partial charge on any atom is -0.383 e. The van der Waals surface area contributed by atoms with E-state index in [1.54, 1.807) is 42.7 Å².